The van der Waals surface area contributed by atoms with Crippen LogP contribution in [-0.2, 0) is 17.8 Å². The van der Waals surface area contributed by atoms with Crippen molar-refractivity contribution in [3.05, 3.63) is 15.9 Å². The van der Waals surface area contributed by atoms with Crippen LogP contribution in [0.5, 0.6) is 0 Å². The van der Waals surface area contributed by atoms with E-state index in [9.17, 15) is 0 Å². The van der Waals surface area contributed by atoms with Gasteiger partial charge in [0, 0.05) is 26.2 Å². The van der Waals surface area contributed by atoms with Gasteiger partial charge in [-0.3, -0.25) is 4.68 Å². The second-order valence-electron chi connectivity index (χ2n) is 4.78. The van der Waals surface area contributed by atoms with E-state index < -0.39 is 0 Å². The number of aryl methyl sites for hydroxylation is 2. The van der Waals surface area contributed by atoms with Crippen molar-refractivity contribution in [1.29, 1.82) is 0 Å². The molecule has 102 valence electrons. The molecular formula is C13H22BrN3O. The standard InChI is InChI=1S/C13H22BrN3O/c1-3-17-12(13(14)10(2)16-17)9-15-8-11-6-4-5-7-18-11/h11,15H,3-9H2,1-2H3. The van der Waals surface area contributed by atoms with E-state index in [1.807, 2.05) is 11.6 Å². The first kappa shape index (κ1) is 14.0. The number of ether oxygens (including phenoxy) is 1. The molecule has 1 fully saturated rings. The van der Waals surface area contributed by atoms with Crippen LogP contribution in [0.15, 0.2) is 4.47 Å². The maximum absolute atomic E-state index is 5.71. The molecule has 18 heavy (non-hydrogen) atoms. The Balaban J connectivity index is 1.85. The van der Waals surface area contributed by atoms with Crippen LogP contribution < -0.4 is 5.32 Å². The van der Waals surface area contributed by atoms with Crippen molar-refractivity contribution in [1.82, 2.24) is 15.1 Å². The number of hydrogen-bond donors (Lipinski definition) is 1. The molecule has 5 heteroatoms. The van der Waals surface area contributed by atoms with E-state index in [1.165, 1.54) is 25.0 Å². The fraction of sp³-hybridized carbons (Fsp3) is 0.769. The molecule has 1 aromatic heterocycles. The normalized spacial score (nSPS) is 20.3. The lowest BCUT2D eigenvalue weighted by Crippen LogP contribution is -2.32. The third kappa shape index (κ3) is 3.33. The van der Waals surface area contributed by atoms with Gasteiger partial charge in [0.05, 0.1) is 22.0 Å². The van der Waals surface area contributed by atoms with Crippen molar-refractivity contribution in [3.8, 4) is 0 Å². The highest BCUT2D eigenvalue weighted by Crippen LogP contribution is 2.21. The minimum Gasteiger partial charge on any atom is -0.377 e. The first-order valence-electron chi connectivity index (χ1n) is 6.76. The lowest BCUT2D eigenvalue weighted by Gasteiger charge is -2.22. The molecule has 2 heterocycles. The molecule has 0 radical (unpaired) electrons. The van der Waals surface area contributed by atoms with Crippen molar-refractivity contribution in [2.45, 2.75) is 52.3 Å². The number of halogens is 1. The highest BCUT2D eigenvalue weighted by Gasteiger charge is 2.15. The monoisotopic (exact) mass is 315 g/mol. The molecule has 1 saturated heterocycles. The van der Waals surface area contributed by atoms with Crippen molar-refractivity contribution in [2.75, 3.05) is 13.2 Å². The zero-order valence-electron chi connectivity index (χ0n) is 11.2. The number of rotatable bonds is 5. The van der Waals surface area contributed by atoms with Gasteiger partial charge in [0.2, 0.25) is 0 Å². The maximum Gasteiger partial charge on any atom is 0.0739 e. The van der Waals surface area contributed by atoms with E-state index in [2.05, 4.69) is 33.3 Å². The van der Waals surface area contributed by atoms with Gasteiger partial charge < -0.3 is 10.1 Å². The topological polar surface area (TPSA) is 39.1 Å². The first-order valence-corrected chi connectivity index (χ1v) is 7.55. The summed E-state index contributed by atoms with van der Waals surface area (Å²) < 4.78 is 8.89. The fourth-order valence-electron chi connectivity index (χ4n) is 2.36. The molecule has 1 N–H and O–H groups in total. The van der Waals surface area contributed by atoms with Crippen LogP contribution >= 0.6 is 15.9 Å². The van der Waals surface area contributed by atoms with Gasteiger partial charge in [-0.2, -0.15) is 5.10 Å². The third-order valence-corrected chi connectivity index (χ3v) is 4.42. The average molecular weight is 316 g/mol. The summed E-state index contributed by atoms with van der Waals surface area (Å²) in [4.78, 5) is 0. The Morgan fingerprint density at radius 1 is 1.50 bits per heavy atom. The minimum atomic E-state index is 0.386. The van der Waals surface area contributed by atoms with Gasteiger partial charge in [-0.1, -0.05) is 0 Å². The Labute approximate surface area is 117 Å². The Morgan fingerprint density at radius 2 is 2.33 bits per heavy atom. The van der Waals surface area contributed by atoms with E-state index in [4.69, 9.17) is 4.74 Å². The summed E-state index contributed by atoms with van der Waals surface area (Å²) in [7, 11) is 0. The molecule has 1 atom stereocenters. The molecule has 0 bridgehead atoms. The van der Waals surface area contributed by atoms with E-state index in [0.29, 0.717) is 6.10 Å². The van der Waals surface area contributed by atoms with Gasteiger partial charge >= 0.3 is 0 Å². The molecular weight excluding hydrogens is 294 g/mol. The van der Waals surface area contributed by atoms with Crippen LogP contribution in [0.2, 0.25) is 0 Å². The molecule has 4 nitrogen and oxygen atoms in total. The summed E-state index contributed by atoms with van der Waals surface area (Å²) in [5.74, 6) is 0. The second-order valence-corrected chi connectivity index (χ2v) is 5.57. The lowest BCUT2D eigenvalue weighted by atomic mass is 10.1. The summed E-state index contributed by atoms with van der Waals surface area (Å²) in [5.41, 5.74) is 2.29. The van der Waals surface area contributed by atoms with Crippen molar-refractivity contribution in [2.24, 2.45) is 0 Å². The Kier molecular flexibility index (Phi) is 5.21. The zero-order chi connectivity index (χ0) is 13.0. The zero-order valence-corrected chi connectivity index (χ0v) is 12.8. The third-order valence-electron chi connectivity index (χ3n) is 3.39. The predicted molar refractivity (Wildman–Crippen MR) is 75.6 cm³/mol. The second kappa shape index (κ2) is 6.68. The smallest absolute Gasteiger partial charge is 0.0739 e. The van der Waals surface area contributed by atoms with Gasteiger partial charge in [0.25, 0.3) is 0 Å². The van der Waals surface area contributed by atoms with Crippen molar-refractivity contribution < 1.29 is 4.74 Å². The predicted octanol–water partition coefficient (Wildman–Crippen LogP) is 2.63. The minimum absolute atomic E-state index is 0.386. The summed E-state index contributed by atoms with van der Waals surface area (Å²) in [6, 6.07) is 0. The molecule has 0 saturated carbocycles. The van der Waals surface area contributed by atoms with E-state index >= 15 is 0 Å². The molecule has 0 spiro atoms. The van der Waals surface area contributed by atoms with E-state index in [0.717, 1.165) is 36.4 Å². The van der Waals surface area contributed by atoms with Crippen LogP contribution in [0.1, 0.15) is 37.6 Å². The molecule has 0 aliphatic carbocycles. The quantitative estimate of drug-likeness (QED) is 0.908. The molecule has 1 aliphatic heterocycles. The van der Waals surface area contributed by atoms with E-state index in [-0.39, 0.29) is 0 Å². The summed E-state index contributed by atoms with van der Waals surface area (Å²) in [6.45, 7) is 7.75. The fourth-order valence-corrected chi connectivity index (χ4v) is 2.78. The summed E-state index contributed by atoms with van der Waals surface area (Å²) >= 11 is 3.61. The van der Waals surface area contributed by atoms with Gasteiger partial charge in [-0.05, 0) is 49.0 Å². The Morgan fingerprint density at radius 3 is 3.00 bits per heavy atom. The highest BCUT2D eigenvalue weighted by atomic mass is 79.9. The van der Waals surface area contributed by atoms with Gasteiger partial charge in [0.15, 0.2) is 0 Å². The lowest BCUT2D eigenvalue weighted by molar-refractivity contribution is 0.0167. The molecule has 1 aliphatic rings. The van der Waals surface area contributed by atoms with Crippen molar-refractivity contribution >= 4 is 15.9 Å². The van der Waals surface area contributed by atoms with Crippen LogP contribution in [-0.4, -0.2) is 29.0 Å². The van der Waals surface area contributed by atoms with Crippen LogP contribution in [0, 0.1) is 6.92 Å². The summed E-state index contributed by atoms with van der Waals surface area (Å²) in [5, 5.41) is 7.98. The van der Waals surface area contributed by atoms with Gasteiger partial charge in [0.1, 0.15) is 0 Å². The van der Waals surface area contributed by atoms with Crippen LogP contribution in [0.4, 0.5) is 0 Å². The Bertz CT molecular complexity index is 386. The molecule has 0 amide bonds. The van der Waals surface area contributed by atoms with Crippen LogP contribution in [0.3, 0.4) is 0 Å². The summed E-state index contributed by atoms with van der Waals surface area (Å²) in [6.07, 6.45) is 4.07. The Hall–Kier alpha value is -0.390. The molecule has 0 aromatic carbocycles. The van der Waals surface area contributed by atoms with Crippen molar-refractivity contribution in [3.63, 3.8) is 0 Å². The molecule has 2 rings (SSSR count). The van der Waals surface area contributed by atoms with E-state index in [1.54, 1.807) is 0 Å². The average Bonchev–Trinajstić information content (AvgIpc) is 2.67. The highest BCUT2D eigenvalue weighted by molar-refractivity contribution is 9.10. The first-order chi connectivity index (χ1) is 8.72. The molecule has 1 aromatic rings. The van der Waals surface area contributed by atoms with Crippen LogP contribution in [0.25, 0.3) is 0 Å². The van der Waals surface area contributed by atoms with Gasteiger partial charge in [-0.25, -0.2) is 0 Å². The van der Waals surface area contributed by atoms with Gasteiger partial charge in [-0.15, -0.1) is 0 Å². The number of nitrogens with zero attached hydrogens (tertiary/aromatic N) is 2. The SMILES string of the molecule is CCn1nc(C)c(Br)c1CNCC1CCCCO1. The number of nitrogens with one attached hydrogen (secondary N) is 1. The largest absolute Gasteiger partial charge is 0.377 e. The maximum atomic E-state index is 5.71. The number of hydrogen-bond acceptors (Lipinski definition) is 3. The molecule has 1 unspecified atom stereocenters. The number of aromatic nitrogens is 2.